The molecule has 9 heteroatoms. The van der Waals surface area contributed by atoms with Gasteiger partial charge in [-0.05, 0) is 18.4 Å². The van der Waals surface area contributed by atoms with Gasteiger partial charge in [0.25, 0.3) is 0 Å². The Balaban J connectivity index is 0.00000484. The molecular formula is C14H20N4NaO4. The van der Waals surface area contributed by atoms with Crippen LogP contribution in [0.2, 0.25) is 0 Å². The van der Waals surface area contributed by atoms with E-state index < -0.39 is 18.1 Å². The normalized spacial score (nSPS) is 10.8. The van der Waals surface area contributed by atoms with Gasteiger partial charge in [0, 0.05) is 36.1 Å². The minimum Gasteiger partial charge on any atom is -0.480 e. The van der Waals surface area contributed by atoms with Crippen molar-refractivity contribution in [3.8, 4) is 0 Å². The molecular weight excluding hydrogens is 311 g/mol. The predicted molar refractivity (Wildman–Crippen MR) is 86.9 cm³/mol. The van der Waals surface area contributed by atoms with E-state index in [1.54, 1.807) is 12.1 Å². The number of aliphatic carboxylic acids is 1. The molecule has 23 heavy (non-hydrogen) atoms. The molecule has 0 aliphatic heterocycles. The molecule has 1 atom stereocenters. The van der Waals surface area contributed by atoms with E-state index in [1.165, 1.54) is 0 Å². The molecule has 0 heterocycles. The van der Waals surface area contributed by atoms with E-state index in [9.17, 15) is 9.59 Å². The summed E-state index contributed by atoms with van der Waals surface area (Å²) in [5.74, 6) is -1.19. The standard InChI is InChI=1S/C14H20N4O4.Na/c15-13(16)17-8-4-7-11(12(19)20)18-14(21)22-9-10-5-2-1-3-6-10;/h1-3,5-6,11H,4,7-9H2,(H,18,21)(H,19,20)(H4,15,16,17);/t11-;/m0./s1. The number of carbonyl (C=O) groups is 2. The third-order valence-electron chi connectivity index (χ3n) is 2.75. The monoisotopic (exact) mass is 331 g/mol. The average Bonchev–Trinajstić information content (AvgIpc) is 2.48. The number of carbonyl (C=O) groups excluding carboxylic acids is 1. The maximum atomic E-state index is 11.6. The Hall–Kier alpha value is -1.77. The number of guanidine groups is 1. The minimum absolute atomic E-state index is 0. The summed E-state index contributed by atoms with van der Waals surface area (Å²) in [5, 5.41) is 11.4. The fraction of sp³-hybridized carbons (Fsp3) is 0.357. The van der Waals surface area contributed by atoms with Crippen LogP contribution in [0.3, 0.4) is 0 Å². The second-order valence-corrected chi connectivity index (χ2v) is 4.55. The van der Waals surface area contributed by atoms with Crippen LogP contribution in [0.4, 0.5) is 4.79 Å². The summed E-state index contributed by atoms with van der Waals surface area (Å²) in [5.41, 5.74) is 11.1. The maximum Gasteiger partial charge on any atom is 0.408 e. The number of rotatable bonds is 8. The molecule has 0 saturated carbocycles. The van der Waals surface area contributed by atoms with Gasteiger partial charge in [-0.2, -0.15) is 0 Å². The molecule has 0 bridgehead atoms. The van der Waals surface area contributed by atoms with E-state index >= 15 is 0 Å². The number of carboxylic acid groups (broad SMARTS) is 1. The van der Waals surface area contributed by atoms with Crippen LogP contribution in [-0.2, 0) is 16.1 Å². The number of nitrogens with zero attached hydrogens (tertiary/aromatic N) is 1. The Labute approximate surface area is 156 Å². The molecule has 8 nitrogen and oxygen atoms in total. The summed E-state index contributed by atoms with van der Waals surface area (Å²) in [6.45, 7) is 0.375. The number of aliphatic imine (C=N–C) groups is 1. The molecule has 1 aromatic rings. The van der Waals surface area contributed by atoms with Crippen molar-refractivity contribution in [1.82, 2.24) is 5.32 Å². The van der Waals surface area contributed by atoms with Crippen molar-refractivity contribution < 1.29 is 19.4 Å². The maximum absolute atomic E-state index is 11.6. The van der Waals surface area contributed by atoms with Gasteiger partial charge < -0.3 is 26.6 Å². The summed E-state index contributed by atoms with van der Waals surface area (Å²) in [4.78, 5) is 26.4. The summed E-state index contributed by atoms with van der Waals surface area (Å²) in [7, 11) is 0. The van der Waals surface area contributed by atoms with Gasteiger partial charge in [0.1, 0.15) is 12.6 Å². The number of nitrogens with two attached hydrogens (primary N) is 2. The fourth-order valence-electron chi connectivity index (χ4n) is 1.67. The Morgan fingerprint density at radius 1 is 1.26 bits per heavy atom. The molecule has 0 spiro atoms. The van der Waals surface area contributed by atoms with E-state index in [-0.39, 0.29) is 48.5 Å². The summed E-state index contributed by atoms with van der Waals surface area (Å²) < 4.78 is 4.97. The molecule has 0 aromatic heterocycles. The minimum atomic E-state index is -1.14. The third kappa shape index (κ3) is 9.77. The number of benzene rings is 1. The van der Waals surface area contributed by atoms with E-state index in [2.05, 4.69) is 10.3 Å². The first kappa shape index (κ1) is 21.2. The summed E-state index contributed by atoms with van der Waals surface area (Å²) in [6, 6.07) is 8.05. The fourth-order valence-corrected chi connectivity index (χ4v) is 1.67. The van der Waals surface area contributed by atoms with Gasteiger partial charge in [0.15, 0.2) is 5.96 Å². The molecule has 0 aliphatic rings. The van der Waals surface area contributed by atoms with Crippen molar-refractivity contribution in [2.75, 3.05) is 6.54 Å². The first-order valence-corrected chi connectivity index (χ1v) is 6.74. The van der Waals surface area contributed by atoms with Crippen LogP contribution >= 0.6 is 0 Å². The SMILES string of the molecule is NC(N)=NCCC[C@H](NC(=O)OCc1ccccc1)C(=O)O.[Na]. The quantitative estimate of drug-likeness (QED) is 0.229. The number of carboxylic acids is 1. The van der Waals surface area contributed by atoms with Crippen molar-refractivity contribution in [2.45, 2.75) is 25.5 Å². The molecule has 0 unspecified atom stereocenters. The van der Waals surface area contributed by atoms with Gasteiger partial charge in [-0.25, -0.2) is 9.59 Å². The molecule has 0 fully saturated rings. The molecule has 1 amide bonds. The molecule has 0 aliphatic carbocycles. The van der Waals surface area contributed by atoms with E-state index in [0.29, 0.717) is 13.0 Å². The zero-order chi connectivity index (χ0) is 16.4. The zero-order valence-electron chi connectivity index (χ0n) is 13.1. The predicted octanol–water partition coefficient (Wildman–Crippen LogP) is 0.0388. The molecule has 1 radical (unpaired) electrons. The number of alkyl carbamates (subject to hydrolysis) is 1. The van der Waals surface area contributed by atoms with Crippen molar-refractivity contribution in [2.24, 2.45) is 16.5 Å². The first-order chi connectivity index (χ1) is 10.5. The average molecular weight is 331 g/mol. The van der Waals surface area contributed by atoms with Crippen LogP contribution in [0.5, 0.6) is 0 Å². The second kappa shape index (κ2) is 11.8. The van der Waals surface area contributed by atoms with Crippen LogP contribution in [0.15, 0.2) is 35.3 Å². The van der Waals surface area contributed by atoms with Crippen LogP contribution < -0.4 is 16.8 Å². The zero-order valence-corrected chi connectivity index (χ0v) is 15.1. The topological polar surface area (TPSA) is 140 Å². The van der Waals surface area contributed by atoms with Crippen LogP contribution in [-0.4, -0.2) is 65.3 Å². The van der Waals surface area contributed by atoms with Gasteiger partial charge in [-0.15, -0.1) is 0 Å². The molecule has 6 N–H and O–H groups in total. The van der Waals surface area contributed by atoms with Gasteiger partial charge in [-0.3, -0.25) is 4.99 Å². The summed E-state index contributed by atoms with van der Waals surface area (Å²) in [6.07, 6.45) is -0.154. The largest absolute Gasteiger partial charge is 0.480 e. The van der Waals surface area contributed by atoms with Gasteiger partial charge >= 0.3 is 12.1 Å². The smallest absolute Gasteiger partial charge is 0.408 e. The van der Waals surface area contributed by atoms with Crippen LogP contribution in [0.25, 0.3) is 0 Å². The molecule has 1 rings (SSSR count). The number of ether oxygens (including phenoxy) is 1. The van der Waals surface area contributed by atoms with Crippen molar-refractivity contribution in [3.05, 3.63) is 35.9 Å². The van der Waals surface area contributed by atoms with Crippen LogP contribution in [0.1, 0.15) is 18.4 Å². The Morgan fingerprint density at radius 3 is 2.48 bits per heavy atom. The number of hydrogen-bond acceptors (Lipinski definition) is 4. The molecule has 0 saturated heterocycles. The van der Waals surface area contributed by atoms with E-state index in [4.69, 9.17) is 21.3 Å². The van der Waals surface area contributed by atoms with E-state index in [1.807, 2.05) is 18.2 Å². The molecule has 121 valence electrons. The summed E-state index contributed by atoms with van der Waals surface area (Å²) >= 11 is 0. The number of hydrogen-bond donors (Lipinski definition) is 4. The number of amides is 1. The first-order valence-electron chi connectivity index (χ1n) is 6.74. The molecule has 1 aromatic carbocycles. The number of nitrogens with one attached hydrogen (secondary N) is 1. The Morgan fingerprint density at radius 2 is 1.91 bits per heavy atom. The van der Waals surface area contributed by atoms with Gasteiger partial charge in [0.2, 0.25) is 0 Å². The third-order valence-corrected chi connectivity index (χ3v) is 2.75. The van der Waals surface area contributed by atoms with Crippen molar-refractivity contribution >= 4 is 47.6 Å². The van der Waals surface area contributed by atoms with Crippen molar-refractivity contribution in [1.29, 1.82) is 0 Å². The Kier molecular flexibility index (Phi) is 10.8. The van der Waals surface area contributed by atoms with Gasteiger partial charge in [-0.1, -0.05) is 30.3 Å². The Bertz CT molecular complexity index is 521. The van der Waals surface area contributed by atoms with Crippen LogP contribution in [0, 0.1) is 0 Å². The van der Waals surface area contributed by atoms with Crippen molar-refractivity contribution in [3.63, 3.8) is 0 Å². The van der Waals surface area contributed by atoms with E-state index in [0.717, 1.165) is 5.56 Å². The van der Waals surface area contributed by atoms with Gasteiger partial charge in [0.05, 0.1) is 0 Å². The second-order valence-electron chi connectivity index (χ2n) is 4.55.